The molecule has 70 heavy (non-hydrogen) atoms. The van der Waals surface area contributed by atoms with E-state index in [1.54, 1.807) is 12.3 Å². The van der Waals surface area contributed by atoms with E-state index in [0.29, 0.717) is 41.9 Å². The molecule has 2 aliphatic rings. The van der Waals surface area contributed by atoms with E-state index in [9.17, 15) is 27.3 Å². The fraction of sp³-hybridized carbons (Fsp3) is 0.577. The molecular formula is C52H76F5N8O2P2S+. The summed E-state index contributed by atoms with van der Waals surface area (Å²) in [5.41, 5.74) is 1.66. The SMILES string of the molecule is C=C(CC(=O)N1CCN(C)CC1)CC(C)Nc1nccc(-c2sc(C(C)CC)nc2-c2cccc(N[N+](=O)c3c(P)cccc3C(F)(F)F)c2F)n1.CC1CC(F)(P)C1.CCCC(C)CCC(C)CC. The van der Waals surface area contributed by atoms with Crippen molar-refractivity contribution in [3.63, 3.8) is 0 Å². The number of alkyl halides is 4. The lowest BCUT2D eigenvalue weighted by Gasteiger charge is -2.35. The number of anilines is 2. The Balaban J connectivity index is 0.000000495. The Bertz CT molecular complexity index is 2330. The number of nitroso groups, excluding NO2 is 1. The number of halogens is 5. The number of carbonyl (C=O) groups excluding carboxylic acids is 1. The largest absolute Gasteiger partial charge is 0.423 e. The minimum Gasteiger partial charge on any atom is -0.351 e. The molecule has 6 rings (SSSR count). The van der Waals surface area contributed by atoms with Gasteiger partial charge in [0.15, 0.2) is 10.7 Å². The lowest BCUT2D eigenvalue weighted by Crippen LogP contribution is -2.47. The number of rotatable bonds is 19. The smallest absolute Gasteiger partial charge is 0.351 e. The molecule has 6 atom stereocenters. The summed E-state index contributed by atoms with van der Waals surface area (Å²) in [6.07, 6.45) is 6.76. The maximum absolute atomic E-state index is 16.3. The van der Waals surface area contributed by atoms with Crippen molar-refractivity contribution in [1.29, 1.82) is 0 Å². The number of hydrazine groups is 1. The Kier molecular flexibility index (Phi) is 22.8. The molecule has 1 saturated carbocycles. The zero-order valence-corrected chi connectivity index (χ0v) is 45.7. The number of thiazole rings is 1. The van der Waals surface area contributed by atoms with Crippen molar-refractivity contribution in [3.05, 3.63) is 82.1 Å². The van der Waals surface area contributed by atoms with Crippen LogP contribution < -0.4 is 16.0 Å². The third-order valence-corrected chi connectivity index (χ3v) is 15.1. The van der Waals surface area contributed by atoms with Crippen molar-refractivity contribution in [1.82, 2.24) is 24.8 Å². The van der Waals surface area contributed by atoms with E-state index >= 15 is 4.39 Å². The van der Waals surface area contributed by atoms with E-state index in [-0.39, 0.29) is 51.4 Å². The minimum atomic E-state index is -4.81. The molecule has 0 spiro atoms. The highest BCUT2D eigenvalue weighted by molar-refractivity contribution is 7.28. The molecular weight excluding hydrogens is 958 g/mol. The Labute approximate surface area is 421 Å². The fourth-order valence-corrected chi connectivity index (χ4v) is 10.7. The van der Waals surface area contributed by atoms with Gasteiger partial charge in [0.2, 0.25) is 11.9 Å². The summed E-state index contributed by atoms with van der Waals surface area (Å²) in [5, 5.41) is 3.12. The van der Waals surface area contributed by atoms with Gasteiger partial charge in [0, 0.05) is 61.6 Å². The van der Waals surface area contributed by atoms with Gasteiger partial charge in [0.1, 0.15) is 16.7 Å². The minimum absolute atomic E-state index is 0.0141. The van der Waals surface area contributed by atoms with Crippen LogP contribution in [0, 0.1) is 28.5 Å². The van der Waals surface area contributed by atoms with Gasteiger partial charge in [-0.05, 0) is 87.7 Å². The Hall–Kier alpha value is -3.97. The van der Waals surface area contributed by atoms with Crippen molar-refractivity contribution in [3.8, 4) is 21.8 Å². The number of para-hydroxylation sites is 1. The second-order valence-corrected chi connectivity index (χ2v) is 22.2. The van der Waals surface area contributed by atoms with Gasteiger partial charge in [-0.2, -0.15) is 13.2 Å². The zero-order valence-electron chi connectivity index (χ0n) is 42.6. The molecule has 1 amide bonds. The molecule has 2 aromatic carbocycles. The van der Waals surface area contributed by atoms with E-state index in [4.69, 9.17) is 9.97 Å². The first kappa shape index (κ1) is 58.6. The van der Waals surface area contributed by atoms with Crippen LogP contribution in [0.2, 0.25) is 0 Å². The summed E-state index contributed by atoms with van der Waals surface area (Å²) < 4.78 is 70.0. The monoisotopic (exact) mass is 1030 g/mol. The van der Waals surface area contributed by atoms with Crippen LogP contribution in [0.25, 0.3) is 21.8 Å². The number of piperazine rings is 1. The van der Waals surface area contributed by atoms with Gasteiger partial charge in [0.05, 0.1) is 26.2 Å². The first-order valence-corrected chi connectivity index (χ1v) is 26.6. The maximum atomic E-state index is 16.3. The molecule has 1 aliphatic carbocycles. The van der Waals surface area contributed by atoms with Crippen LogP contribution in [-0.4, -0.2) is 80.2 Å². The van der Waals surface area contributed by atoms with E-state index in [1.807, 2.05) is 32.7 Å². The molecule has 18 heteroatoms. The number of hydrogen-bond donors (Lipinski definition) is 2. The average molecular weight is 1030 g/mol. The number of aromatic nitrogens is 3. The normalized spacial score (nSPS) is 18.7. The third-order valence-electron chi connectivity index (χ3n) is 12.9. The topological polar surface area (TPSA) is 106 Å². The molecule has 2 fully saturated rings. The molecule has 3 heterocycles. The Morgan fingerprint density at radius 3 is 2.21 bits per heavy atom. The summed E-state index contributed by atoms with van der Waals surface area (Å²) in [6, 6.07) is 9.11. The Morgan fingerprint density at radius 1 is 0.971 bits per heavy atom. The quantitative estimate of drug-likeness (QED) is 0.0315. The molecule has 0 radical (unpaired) electrons. The van der Waals surface area contributed by atoms with Gasteiger partial charge in [0.25, 0.3) is 0 Å². The summed E-state index contributed by atoms with van der Waals surface area (Å²) in [7, 11) is 6.38. The maximum Gasteiger partial charge on any atom is 0.423 e. The molecule has 10 nitrogen and oxygen atoms in total. The molecule has 1 aliphatic heterocycles. The number of benzene rings is 2. The molecule has 2 N–H and O–H groups in total. The molecule has 6 unspecified atom stereocenters. The Morgan fingerprint density at radius 2 is 1.63 bits per heavy atom. The third kappa shape index (κ3) is 17.7. The summed E-state index contributed by atoms with van der Waals surface area (Å²) in [4.78, 5) is 44.4. The molecule has 0 bridgehead atoms. The van der Waals surface area contributed by atoms with E-state index in [0.717, 1.165) is 60.8 Å². The van der Waals surface area contributed by atoms with Gasteiger partial charge in [-0.25, -0.2) is 23.7 Å². The van der Waals surface area contributed by atoms with Crippen LogP contribution in [0.15, 0.2) is 60.8 Å². The number of carbonyl (C=O) groups is 1. The first-order valence-electron chi connectivity index (χ1n) is 24.7. The van der Waals surface area contributed by atoms with Crippen LogP contribution in [0.4, 0.5) is 39.3 Å². The summed E-state index contributed by atoms with van der Waals surface area (Å²) in [6.45, 7) is 24.6. The van der Waals surface area contributed by atoms with Gasteiger partial charge >= 0.3 is 11.9 Å². The predicted molar refractivity (Wildman–Crippen MR) is 285 cm³/mol. The van der Waals surface area contributed by atoms with Gasteiger partial charge < -0.3 is 15.1 Å². The second kappa shape index (κ2) is 27.2. The van der Waals surface area contributed by atoms with E-state index < -0.39 is 28.7 Å². The van der Waals surface area contributed by atoms with Gasteiger partial charge in [-0.15, -0.1) is 16.8 Å². The van der Waals surface area contributed by atoms with Crippen LogP contribution >= 0.6 is 29.8 Å². The van der Waals surface area contributed by atoms with E-state index in [2.05, 4.69) is 80.3 Å². The number of nitrogens with zero attached hydrogens (tertiary/aromatic N) is 6. The van der Waals surface area contributed by atoms with Crippen LogP contribution in [0.5, 0.6) is 0 Å². The highest BCUT2D eigenvalue weighted by atomic mass is 32.1. The molecule has 1 saturated heterocycles. The van der Waals surface area contributed by atoms with Crippen molar-refractivity contribution < 1.29 is 31.6 Å². The fourth-order valence-electron chi connectivity index (χ4n) is 8.28. The second-order valence-electron chi connectivity index (χ2n) is 19.5. The zero-order chi connectivity index (χ0) is 51.9. The van der Waals surface area contributed by atoms with E-state index in [1.165, 1.54) is 73.8 Å². The van der Waals surface area contributed by atoms with Crippen LogP contribution in [0.1, 0.15) is 136 Å². The molecule has 2 aromatic heterocycles. The van der Waals surface area contributed by atoms with Crippen LogP contribution in [-0.2, 0) is 11.0 Å². The lowest BCUT2D eigenvalue weighted by molar-refractivity contribution is -0.429. The highest BCUT2D eigenvalue weighted by Gasteiger charge is 2.41. The van der Waals surface area contributed by atoms with Crippen molar-refractivity contribution >= 4 is 58.4 Å². The summed E-state index contributed by atoms with van der Waals surface area (Å²) >= 11 is 1.36. The van der Waals surface area contributed by atoms with Gasteiger partial charge in [-0.1, -0.05) is 123 Å². The number of amides is 1. The standard InChI is InChI=1S/C36H42F4N8O2PS.C11H24.C5H10FP/c1-6-22(3)34-44-31(24-9-7-11-26(30(24)37)45-48(50)32-25(36(38,39)40)10-8-12-28(32)51)33(52-34)27-13-14-41-35(43-27)42-23(4)19-21(2)20-29(49)47-17-15-46(5)16-18-47;1-5-7-11(4)9-8-10(3)6-2;1-4-2-5(6,7)3-4/h7-14,22-23H,2,6,15-20,51H2,1,3-5H3,(H,45,50)(H,41,42,43);10-11H,5-9H2,1-4H3;4H,2-3,7H2,1H3/q+1;;. The first-order chi connectivity index (χ1) is 33.0. The predicted octanol–water partition coefficient (Wildman–Crippen LogP) is 14.0. The number of hydrogen-bond acceptors (Lipinski definition) is 8. The van der Waals surface area contributed by atoms with Crippen LogP contribution in [0.3, 0.4) is 0 Å². The lowest BCUT2D eigenvalue weighted by atomic mass is 9.85. The highest BCUT2D eigenvalue weighted by Crippen LogP contribution is 2.46. The number of nitrogens with one attached hydrogen (secondary N) is 2. The van der Waals surface area contributed by atoms with Crippen molar-refractivity contribution in [2.45, 2.75) is 143 Å². The van der Waals surface area contributed by atoms with Crippen molar-refractivity contribution in [2.24, 2.45) is 17.8 Å². The number of likely N-dealkylation sites (N-methyl/N-ethyl adjacent to an activating group) is 1. The summed E-state index contributed by atoms with van der Waals surface area (Å²) in [5.74, 6) is 2.06. The van der Waals surface area contributed by atoms with Crippen molar-refractivity contribution in [2.75, 3.05) is 44.0 Å². The van der Waals surface area contributed by atoms with Gasteiger partial charge in [-0.3, -0.25) is 4.79 Å². The molecule has 386 valence electrons. The molecule has 4 aromatic rings. The average Bonchev–Trinajstić information content (AvgIpc) is 3.74.